The molecule has 0 fully saturated rings. The minimum Gasteiger partial charge on any atom is -0.457 e. The molecule has 0 aromatic heterocycles. The molecular formula is C31H27N3O4S. The van der Waals surface area contributed by atoms with Gasteiger partial charge in [-0.3, -0.25) is 9.10 Å². The van der Waals surface area contributed by atoms with Crippen molar-refractivity contribution >= 4 is 49.4 Å². The highest BCUT2D eigenvalue weighted by Gasteiger charge is 2.29. The van der Waals surface area contributed by atoms with Gasteiger partial charge in [-0.15, -0.1) is 0 Å². The predicted molar refractivity (Wildman–Crippen MR) is 157 cm³/mol. The minimum absolute atomic E-state index is 0.338. The number of hydrogen-bond donors (Lipinski definition) is 1. The van der Waals surface area contributed by atoms with Crippen molar-refractivity contribution in [2.75, 3.05) is 10.6 Å². The predicted octanol–water partition coefficient (Wildman–Crippen LogP) is 6.09. The summed E-state index contributed by atoms with van der Waals surface area (Å²) < 4.78 is 32.3. The number of ether oxygens (including phenoxy) is 1. The summed E-state index contributed by atoms with van der Waals surface area (Å²) >= 11 is 0. The number of carbonyl (C=O) groups excluding carboxylic acids is 1. The molecule has 0 saturated carbocycles. The van der Waals surface area contributed by atoms with Crippen molar-refractivity contribution in [1.29, 1.82) is 0 Å². The first-order valence-electron chi connectivity index (χ1n) is 12.4. The van der Waals surface area contributed by atoms with E-state index in [1.54, 1.807) is 30.5 Å². The highest BCUT2D eigenvalue weighted by atomic mass is 32.2. The van der Waals surface area contributed by atoms with Crippen molar-refractivity contribution in [1.82, 2.24) is 5.43 Å². The average molecular weight is 538 g/mol. The van der Waals surface area contributed by atoms with Gasteiger partial charge in [-0.25, -0.2) is 13.8 Å². The Morgan fingerprint density at radius 1 is 0.821 bits per heavy atom. The fraction of sp³-hybridized carbons (Fsp3) is 0.0968. The highest BCUT2D eigenvalue weighted by molar-refractivity contribution is 7.92. The van der Waals surface area contributed by atoms with Crippen molar-refractivity contribution in [2.24, 2.45) is 5.10 Å². The second-order valence-electron chi connectivity index (χ2n) is 9.11. The van der Waals surface area contributed by atoms with Crippen LogP contribution in [0.15, 0.2) is 114 Å². The Kier molecular flexibility index (Phi) is 7.29. The first-order valence-corrected chi connectivity index (χ1v) is 14.2. The molecule has 0 spiro atoms. The van der Waals surface area contributed by atoms with Gasteiger partial charge in [0.05, 0.1) is 18.2 Å². The Morgan fingerprint density at radius 3 is 1.95 bits per heavy atom. The average Bonchev–Trinajstić information content (AvgIpc) is 2.93. The lowest BCUT2D eigenvalue weighted by Crippen LogP contribution is -2.46. The van der Waals surface area contributed by atoms with Gasteiger partial charge >= 0.3 is 0 Å². The maximum absolute atomic E-state index is 13.1. The molecule has 196 valence electrons. The van der Waals surface area contributed by atoms with Crippen LogP contribution in [0.2, 0.25) is 0 Å². The molecule has 5 aromatic rings. The Labute approximate surface area is 227 Å². The monoisotopic (exact) mass is 537 g/mol. The number of rotatable bonds is 8. The first kappa shape index (κ1) is 25.9. The third-order valence-corrected chi connectivity index (χ3v) is 7.58. The zero-order valence-corrected chi connectivity index (χ0v) is 22.3. The number of hydrogen-bond acceptors (Lipinski definition) is 5. The molecule has 5 aromatic carbocycles. The summed E-state index contributed by atoms with van der Waals surface area (Å²) in [5, 5.41) is 8.32. The molecule has 0 bridgehead atoms. The van der Waals surface area contributed by atoms with Crippen LogP contribution >= 0.6 is 0 Å². The van der Waals surface area contributed by atoms with Crippen LogP contribution in [-0.2, 0) is 14.8 Å². The number of amides is 1. The highest BCUT2D eigenvalue weighted by Crippen LogP contribution is 2.28. The lowest BCUT2D eigenvalue weighted by Gasteiger charge is -2.27. The molecule has 0 aliphatic carbocycles. The number of benzene rings is 5. The third-order valence-electron chi connectivity index (χ3n) is 6.34. The third kappa shape index (κ3) is 5.76. The van der Waals surface area contributed by atoms with Crippen LogP contribution in [0.1, 0.15) is 12.5 Å². The molecule has 0 aliphatic heterocycles. The molecule has 0 heterocycles. The minimum atomic E-state index is -3.79. The Bertz CT molecular complexity index is 1720. The van der Waals surface area contributed by atoms with Crippen molar-refractivity contribution in [3.8, 4) is 11.5 Å². The van der Waals surface area contributed by atoms with Crippen LogP contribution in [0, 0.1) is 0 Å². The van der Waals surface area contributed by atoms with Crippen LogP contribution < -0.4 is 14.5 Å². The van der Waals surface area contributed by atoms with Gasteiger partial charge in [-0.1, -0.05) is 66.7 Å². The van der Waals surface area contributed by atoms with E-state index in [1.165, 1.54) is 6.92 Å². The lowest BCUT2D eigenvalue weighted by molar-refractivity contribution is -0.121. The van der Waals surface area contributed by atoms with Crippen LogP contribution in [0.25, 0.3) is 21.5 Å². The molecule has 0 saturated heterocycles. The van der Waals surface area contributed by atoms with E-state index in [0.29, 0.717) is 17.2 Å². The molecule has 1 amide bonds. The number of nitrogens with one attached hydrogen (secondary N) is 1. The van der Waals surface area contributed by atoms with Gasteiger partial charge in [0.1, 0.15) is 17.5 Å². The number of nitrogens with zero attached hydrogens (tertiary/aromatic N) is 2. The summed E-state index contributed by atoms with van der Waals surface area (Å²) in [7, 11) is -3.79. The van der Waals surface area contributed by atoms with E-state index >= 15 is 0 Å². The zero-order chi connectivity index (χ0) is 27.4. The van der Waals surface area contributed by atoms with Crippen LogP contribution in [-0.4, -0.2) is 32.8 Å². The van der Waals surface area contributed by atoms with Gasteiger partial charge in [0.2, 0.25) is 10.0 Å². The number of fused-ring (bicyclic) bond motifs is 2. The summed E-state index contributed by atoms with van der Waals surface area (Å²) in [5.41, 5.74) is 3.73. The van der Waals surface area contributed by atoms with Gasteiger partial charge in [-0.05, 0) is 70.9 Å². The van der Waals surface area contributed by atoms with E-state index in [4.69, 9.17) is 4.74 Å². The van der Waals surface area contributed by atoms with Crippen molar-refractivity contribution in [3.63, 3.8) is 0 Å². The second-order valence-corrected chi connectivity index (χ2v) is 11.0. The fourth-order valence-corrected chi connectivity index (χ4v) is 5.71. The molecular weight excluding hydrogens is 510 g/mol. The summed E-state index contributed by atoms with van der Waals surface area (Å²) in [6.07, 6.45) is 2.67. The maximum Gasteiger partial charge on any atom is 0.263 e. The van der Waals surface area contributed by atoms with Crippen LogP contribution in [0.4, 0.5) is 5.69 Å². The molecule has 0 unspecified atom stereocenters. The number of hydrazone groups is 1. The van der Waals surface area contributed by atoms with Crippen LogP contribution in [0.5, 0.6) is 11.5 Å². The van der Waals surface area contributed by atoms with Crippen molar-refractivity contribution in [2.45, 2.75) is 13.0 Å². The summed E-state index contributed by atoms with van der Waals surface area (Å²) in [6.45, 7) is 1.52. The maximum atomic E-state index is 13.1. The van der Waals surface area contributed by atoms with Gasteiger partial charge in [0.25, 0.3) is 5.91 Å². The number of carbonyl (C=O) groups is 1. The molecule has 5 rings (SSSR count). The summed E-state index contributed by atoms with van der Waals surface area (Å²) in [5.74, 6) is 0.642. The van der Waals surface area contributed by atoms with Crippen LogP contribution in [0.3, 0.4) is 0 Å². The Hall–Kier alpha value is -4.69. The lowest BCUT2D eigenvalue weighted by atomic mass is 9.97. The van der Waals surface area contributed by atoms with E-state index in [1.807, 2.05) is 78.9 Å². The topological polar surface area (TPSA) is 88.1 Å². The van der Waals surface area contributed by atoms with E-state index < -0.39 is 22.0 Å². The summed E-state index contributed by atoms with van der Waals surface area (Å²) in [4.78, 5) is 13.1. The van der Waals surface area contributed by atoms with Gasteiger partial charge in [0, 0.05) is 5.56 Å². The van der Waals surface area contributed by atoms with Gasteiger partial charge in [-0.2, -0.15) is 5.10 Å². The van der Waals surface area contributed by atoms with Crippen molar-refractivity contribution in [3.05, 3.63) is 115 Å². The van der Waals surface area contributed by atoms with Gasteiger partial charge < -0.3 is 4.74 Å². The molecule has 39 heavy (non-hydrogen) atoms. The number of anilines is 1. The van der Waals surface area contributed by atoms with E-state index in [2.05, 4.69) is 16.6 Å². The summed E-state index contributed by atoms with van der Waals surface area (Å²) in [6, 6.07) is 32.8. The molecule has 1 atom stereocenters. The molecule has 7 nitrogen and oxygen atoms in total. The Morgan fingerprint density at radius 2 is 1.36 bits per heavy atom. The van der Waals surface area contributed by atoms with E-state index in [0.717, 1.165) is 37.7 Å². The second kappa shape index (κ2) is 11.0. The molecule has 8 heteroatoms. The quantitative estimate of drug-likeness (QED) is 0.147. The standard InChI is InChI=1S/C31H27N3O4S/c1-22(34(39(2,36)37)25-16-18-27(19-17-25)38-26-12-4-3-5-13-26)31(35)33-32-21-30-28-14-8-6-10-23(28)20-24-11-7-9-15-29(24)30/h3-22H,1-2H3,(H,33,35)/b32-21-/t22-/m0/s1. The largest absolute Gasteiger partial charge is 0.457 e. The molecule has 1 N–H and O–H groups in total. The SMILES string of the molecule is C[C@@H](C(=O)N/N=C\c1c2ccccc2cc2ccccc12)N(c1ccc(Oc2ccccc2)cc1)S(C)(=O)=O. The fourth-order valence-electron chi connectivity index (χ4n) is 4.54. The number of para-hydroxylation sites is 1. The molecule has 0 aliphatic rings. The normalized spacial score (nSPS) is 12.5. The number of sulfonamides is 1. The molecule has 0 radical (unpaired) electrons. The Balaban J connectivity index is 1.37. The first-order chi connectivity index (χ1) is 18.8. The zero-order valence-electron chi connectivity index (χ0n) is 21.5. The van der Waals surface area contributed by atoms with Gasteiger partial charge in [0.15, 0.2) is 0 Å². The smallest absolute Gasteiger partial charge is 0.263 e. The van der Waals surface area contributed by atoms with E-state index in [-0.39, 0.29) is 0 Å². The van der Waals surface area contributed by atoms with E-state index in [9.17, 15) is 13.2 Å². The van der Waals surface area contributed by atoms with Crippen molar-refractivity contribution < 1.29 is 17.9 Å².